The number of rotatable bonds is 48. The molecule has 0 unspecified atom stereocenters. The molecule has 526 valence electrons. The van der Waals surface area contributed by atoms with Crippen molar-refractivity contribution in [2.24, 2.45) is 16.6 Å². The molecule has 0 radical (unpaired) electrons. The van der Waals surface area contributed by atoms with Crippen LogP contribution in [0.15, 0.2) is 57.0 Å². The van der Waals surface area contributed by atoms with E-state index in [0.29, 0.717) is 153 Å². The van der Waals surface area contributed by atoms with Crippen LogP contribution in [0, 0.1) is 29.2 Å². The highest BCUT2D eigenvalue weighted by Crippen LogP contribution is 2.35. The van der Waals surface area contributed by atoms with Gasteiger partial charge >= 0.3 is 22.2 Å². The molecule has 0 saturated carbocycles. The number of carbonyl (C=O) groups excluding carboxylic acids is 4. The fourth-order valence-corrected chi connectivity index (χ4v) is 11.0. The molecule has 94 heavy (non-hydrogen) atoms. The van der Waals surface area contributed by atoms with Gasteiger partial charge in [0.1, 0.15) is 10.7 Å². The van der Waals surface area contributed by atoms with E-state index in [-0.39, 0.29) is 100 Å². The Morgan fingerprint density at radius 1 is 0.670 bits per heavy atom. The average molecular weight is 1380 g/mol. The molecule has 1 fully saturated rings. The third-order valence-corrected chi connectivity index (χ3v) is 16.1. The summed E-state index contributed by atoms with van der Waals surface area (Å²) in [5.74, 6) is -12.9. The zero-order valence-electron chi connectivity index (χ0n) is 52.9. The molecule has 1 aromatic heterocycles. The number of halogens is 4. The van der Waals surface area contributed by atoms with Gasteiger partial charge in [-0.2, -0.15) is 21.5 Å². The van der Waals surface area contributed by atoms with E-state index in [1.807, 2.05) is 19.1 Å². The molecular formula is C60H85F4N7O21S2. The van der Waals surface area contributed by atoms with E-state index < -0.39 is 72.5 Å². The van der Waals surface area contributed by atoms with Crippen LogP contribution in [0.2, 0.25) is 0 Å². The molecule has 3 heterocycles. The number of sulfonamides is 1. The maximum atomic E-state index is 14.0. The zero-order valence-corrected chi connectivity index (χ0v) is 54.6. The molecule has 5 N–H and O–H groups in total. The smallest absolute Gasteiger partial charge is 0.407 e. The van der Waals surface area contributed by atoms with E-state index in [1.165, 1.54) is 10.5 Å². The van der Waals surface area contributed by atoms with Gasteiger partial charge in [0.05, 0.1) is 150 Å². The van der Waals surface area contributed by atoms with Crippen molar-refractivity contribution < 1.29 is 115 Å². The van der Waals surface area contributed by atoms with Crippen molar-refractivity contribution in [1.29, 1.82) is 0 Å². The van der Waals surface area contributed by atoms with E-state index >= 15 is 0 Å². The number of aromatic nitrogens is 1. The standard InChI is InChI=1S/C60H85F4N7O21S2/c1-4-11-70(12-5-10-67-60(75)91-42(2)3)59(74)46-33-45-7-6-44(35-49(45)69-50(65)36-46)47-34-48(39-66-38-47)93(76,77)71-40-43(41-71)37-68-51(72)8-13-81-15-17-83-19-21-85-23-25-87-27-29-89-31-32-90-30-28-88-26-24-86-22-20-84-18-16-82-14-9-52(73)92-57-53(61)55(63)58(94(78,79)80)56(64)54(57)62/h6-7,33-35,38-39,42-43H,4-5,8-32,36-37,40-41H2,1-3H3,(H2,65,69)(H,67,75)(H,68,72)(H,78,79,80). The fourth-order valence-electron chi connectivity index (χ4n) is 8.75. The zero-order chi connectivity index (χ0) is 68.3. The number of benzene rings is 2. The number of carbonyl (C=O) groups is 4. The van der Waals surface area contributed by atoms with Gasteiger partial charge in [-0.3, -0.25) is 23.9 Å². The third-order valence-electron chi connectivity index (χ3n) is 13.4. The number of alkyl carbamates (subject to hydrolysis) is 1. The molecule has 2 aromatic carbocycles. The molecule has 3 aromatic rings. The van der Waals surface area contributed by atoms with Crippen molar-refractivity contribution in [3.63, 3.8) is 0 Å². The van der Waals surface area contributed by atoms with Crippen LogP contribution < -0.4 is 21.1 Å². The first-order valence-electron chi connectivity index (χ1n) is 30.6. The molecule has 3 amide bonds. The number of nitrogens with zero attached hydrogens (tertiary/aromatic N) is 4. The summed E-state index contributed by atoms with van der Waals surface area (Å²) in [6.45, 7) is 12.9. The van der Waals surface area contributed by atoms with Crippen LogP contribution in [0.25, 0.3) is 17.2 Å². The maximum Gasteiger partial charge on any atom is 0.407 e. The minimum atomic E-state index is -5.66. The van der Waals surface area contributed by atoms with E-state index in [9.17, 15) is 53.6 Å². The molecule has 28 nitrogen and oxygen atoms in total. The van der Waals surface area contributed by atoms with E-state index in [0.717, 1.165) is 6.42 Å². The molecule has 1 saturated heterocycles. The predicted molar refractivity (Wildman–Crippen MR) is 329 cm³/mol. The summed E-state index contributed by atoms with van der Waals surface area (Å²) in [4.78, 5) is 58.4. The lowest BCUT2D eigenvalue weighted by Gasteiger charge is -2.38. The van der Waals surface area contributed by atoms with Gasteiger partial charge in [0.2, 0.25) is 39.2 Å². The SMILES string of the molecule is CCCN(CCCNC(=O)OC(C)C)C(=O)C1=Cc2ccc(-c3cncc(S(=O)(=O)N4CC(CNC(=O)CCOCCOCCOCCOCCOCCOCCOCCOCCOCCOCCC(=O)Oc5c(F)c(F)c(S(=O)(=O)O)c(F)c5F)C4)c3)cc2N=C(N)C1. The first kappa shape index (κ1) is 78.3. The molecule has 0 aliphatic carbocycles. The lowest BCUT2D eigenvalue weighted by molar-refractivity contribution is -0.136. The summed E-state index contributed by atoms with van der Waals surface area (Å²) >= 11 is 0. The molecular weight excluding hydrogens is 1290 g/mol. The Labute approximate surface area is 544 Å². The number of nitrogens with one attached hydrogen (secondary N) is 2. The van der Waals surface area contributed by atoms with Crippen molar-refractivity contribution in [3.05, 3.63) is 71.1 Å². The predicted octanol–water partition coefficient (Wildman–Crippen LogP) is 4.38. The highest BCUT2D eigenvalue weighted by molar-refractivity contribution is 7.89. The summed E-state index contributed by atoms with van der Waals surface area (Å²) in [7, 11) is -9.55. The minimum absolute atomic E-state index is 0.00809. The lowest BCUT2D eigenvalue weighted by Crippen LogP contribution is -2.53. The normalized spacial score (nSPS) is 13.6. The van der Waals surface area contributed by atoms with E-state index in [4.69, 9.17) is 62.4 Å². The number of esters is 1. The molecule has 2 aliphatic heterocycles. The van der Waals surface area contributed by atoms with Crippen molar-refractivity contribution >= 4 is 61.6 Å². The van der Waals surface area contributed by atoms with Crippen molar-refractivity contribution in [2.75, 3.05) is 171 Å². The number of ether oxygens (including phenoxy) is 12. The topological polar surface area (TPSA) is 349 Å². The van der Waals surface area contributed by atoms with Crippen molar-refractivity contribution in [2.45, 2.75) is 68.8 Å². The molecule has 0 spiro atoms. The Morgan fingerprint density at radius 3 is 1.66 bits per heavy atom. The number of fused-ring (bicyclic) bond motifs is 1. The first-order valence-corrected chi connectivity index (χ1v) is 33.4. The van der Waals surface area contributed by atoms with Gasteiger partial charge in [-0.25, -0.2) is 27.0 Å². The van der Waals surface area contributed by atoms with Gasteiger partial charge in [-0.15, -0.1) is 0 Å². The van der Waals surface area contributed by atoms with Gasteiger partial charge < -0.3 is 78.1 Å². The average Bonchev–Trinajstić information content (AvgIpc) is 0.842. The van der Waals surface area contributed by atoms with Crippen LogP contribution in [0.5, 0.6) is 5.75 Å². The minimum Gasteiger partial charge on any atom is -0.447 e. The van der Waals surface area contributed by atoms with Gasteiger partial charge in [-0.05, 0) is 50.5 Å². The Morgan fingerprint density at radius 2 is 1.17 bits per heavy atom. The van der Waals surface area contributed by atoms with Gasteiger partial charge in [0, 0.05) is 87.1 Å². The Balaban J connectivity index is 0.778. The number of nitrogens with two attached hydrogens (primary N) is 1. The molecule has 2 aliphatic rings. The number of hydrogen-bond acceptors (Lipinski definition) is 23. The van der Waals surface area contributed by atoms with Crippen LogP contribution in [0.1, 0.15) is 58.4 Å². The largest absolute Gasteiger partial charge is 0.447 e. The summed E-state index contributed by atoms with van der Waals surface area (Å²) in [6, 6.07) is 6.96. The van der Waals surface area contributed by atoms with Gasteiger partial charge in [-0.1, -0.05) is 19.1 Å². The highest BCUT2D eigenvalue weighted by atomic mass is 32.2. The second-order valence-electron chi connectivity index (χ2n) is 21.1. The highest BCUT2D eigenvalue weighted by Gasteiger charge is 2.38. The molecule has 5 rings (SSSR count). The van der Waals surface area contributed by atoms with Crippen LogP contribution in [-0.4, -0.2) is 243 Å². The van der Waals surface area contributed by atoms with Crippen LogP contribution >= 0.6 is 0 Å². The van der Waals surface area contributed by atoms with Crippen molar-refractivity contribution in [3.8, 4) is 16.9 Å². The Bertz CT molecular complexity index is 3160. The van der Waals surface area contributed by atoms with E-state index in [1.54, 1.807) is 43.2 Å². The number of hydrogen-bond donors (Lipinski definition) is 4. The number of amides is 3. The van der Waals surface area contributed by atoms with Gasteiger partial charge in [0.15, 0.2) is 16.5 Å². The number of aliphatic imine (C=N–C) groups is 1. The van der Waals surface area contributed by atoms with Crippen molar-refractivity contribution in [1.82, 2.24) is 24.8 Å². The summed E-state index contributed by atoms with van der Waals surface area (Å²) in [5.41, 5.74) is 9.22. The third kappa shape index (κ3) is 27.8. The quantitative estimate of drug-likeness (QED) is 0.0152. The van der Waals surface area contributed by atoms with Crippen LogP contribution in [0.3, 0.4) is 0 Å². The maximum absolute atomic E-state index is 14.0. The van der Waals surface area contributed by atoms with Crippen LogP contribution in [-0.2, 0) is 86.6 Å². The Hall–Kier alpha value is -6.38. The lowest BCUT2D eigenvalue weighted by atomic mass is 10.0. The molecule has 0 atom stereocenters. The second kappa shape index (κ2) is 42.2. The monoisotopic (exact) mass is 1380 g/mol. The summed E-state index contributed by atoms with van der Waals surface area (Å²) in [5, 5.41) is 5.56. The Kier molecular flexibility index (Phi) is 35.2. The summed E-state index contributed by atoms with van der Waals surface area (Å²) < 4.78 is 179. The number of amidine groups is 1. The molecule has 34 heteroatoms. The second-order valence-corrected chi connectivity index (χ2v) is 24.4. The first-order chi connectivity index (χ1) is 45.1. The van der Waals surface area contributed by atoms with Gasteiger partial charge in [0.25, 0.3) is 0 Å². The van der Waals surface area contributed by atoms with E-state index in [2.05, 4.69) is 25.3 Å². The van der Waals surface area contributed by atoms with Crippen LogP contribution in [0.4, 0.5) is 28.0 Å². The number of pyridine rings is 1. The summed E-state index contributed by atoms with van der Waals surface area (Å²) in [6.07, 6.45) is 4.85. The molecule has 0 bridgehead atoms. The fraction of sp³-hybridized carbons (Fsp3) is 0.600.